The molecule has 0 bridgehead atoms. The van der Waals surface area contributed by atoms with Crippen LogP contribution in [0.5, 0.6) is 0 Å². The first-order valence-electron chi connectivity index (χ1n) is 10.5. The number of benzene rings is 2. The minimum absolute atomic E-state index is 0.0320. The zero-order valence-electron chi connectivity index (χ0n) is 18.8. The molecule has 2 aromatic carbocycles. The molecular weight excluding hydrogens is 408 g/mol. The van der Waals surface area contributed by atoms with Gasteiger partial charge in [0.25, 0.3) is 11.5 Å². The highest BCUT2D eigenvalue weighted by molar-refractivity contribution is 5.91. The lowest BCUT2D eigenvalue weighted by Gasteiger charge is -2.13. The van der Waals surface area contributed by atoms with Gasteiger partial charge in [-0.2, -0.15) is 9.78 Å². The number of carbonyl (C=O) groups excluding carboxylic acids is 1. The predicted octanol–water partition coefficient (Wildman–Crippen LogP) is 2.25. The third-order valence-electron chi connectivity index (χ3n) is 5.09. The highest BCUT2D eigenvalue weighted by Gasteiger charge is 2.20. The molecule has 32 heavy (non-hydrogen) atoms. The van der Waals surface area contributed by atoms with Crippen LogP contribution < -0.4 is 16.6 Å². The molecule has 8 heteroatoms. The lowest BCUT2D eigenvalue weighted by atomic mass is 10.0. The molecule has 0 aliphatic heterocycles. The molecule has 0 aliphatic rings. The molecule has 1 heterocycles. The van der Waals surface area contributed by atoms with Crippen LogP contribution in [-0.4, -0.2) is 40.5 Å². The Kier molecular flexibility index (Phi) is 7.37. The molecule has 8 nitrogen and oxygen atoms in total. The van der Waals surface area contributed by atoms with Crippen molar-refractivity contribution in [2.24, 2.45) is 0 Å². The Bertz CT molecular complexity index is 1210. The van der Waals surface area contributed by atoms with Gasteiger partial charge in [-0.25, -0.2) is 4.79 Å². The summed E-state index contributed by atoms with van der Waals surface area (Å²) < 4.78 is 7.09. The molecule has 3 aromatic rings. The van der Waals surface area contributed by atoms with E-state index in [-0.39, 0.29) is 18.8 Å². The number of amides is 1. The van der Waals surface area contributed by atoms with Gasteiger partial charge >= 0.3 is 5.69 Å². The van der Waals surface area contributed by atoms with Gasteiger partial charge in [0, 0.05) is 13.7 Å². The minimum Gasteiger partial charge on any atom is -0.383 e. The summed E-state index contributed by atoms with van der Waals surface area (Å²) >= 11 is 0. The molecule has 0 saturated heterocycles. The highest BCUT2D eigenvalue weighted by atomic mass is 16.5. The van der Waals surface area contributed by atoms with Gasteiger partial charge in [0.2, 0.25) is 5.69 Å². The van der Waals surface area contributed by atoms with Crippen molar-refractivity contribution in [3.63, 3.8) is 0 Å². The van der Waals surface area contributed by atoms with E-state index in [9.17, 15) is 14.4 Å². The van der Waals surface area contributed by atoms with Crippen LogP contribution in [-0.2, 0) is 11.3 Å². The Balaban J connectivity index is 2.13. The van der Waals surface area contributed by atoms with Crippen LogP contribution in [0.25, 0.3) is 5.69 Å². The summed E-state index contributed by atoms with van der Waals surface area (Å²) in [5, 5.41) is 6.74. The molecular formula is C24H28N4O4. The van der Waals surface area contributed by atoms with Crippen molar-refractivity contribution in [1.29, 1.82) is 0 Å². The van der Waals surface area contributed by atoms with Crippen LogP contribution in [0.4, 0.5) is 0 Å². The number of hydrogen-bond donors (Lipinski definition) is 1. The van der Waals surface area contributed by atoms with E-state index >= 15 is 0 Å². The van der Waals surface area contributed by atoms with Gasteiger partial charge in [0.1, 0.15) is 0 Å². The zero-order valence-corrected chi connectivity index (χ0v) is 18.8. The first-order valence-corrected chi connectivity index (χ1v) is 10.5. The summed E-state index contributed by atoms with van der Waals surface area (Å²) in [6, 6.07) is 14.9. The number of rotatable bonds is 8. The number of aromatic nitrogens is 3. The van der Waals surface area contributed by atoms with E-state index in [1.807, 2.05) is 43.3 Å². The largest absolute Gasteiger partial charge is 0.383 e. The van der Waals surface area contributed by atoms with Crippen molar-refractivity contribution in [3.8, 4) is 5.69 Å². The normalized spacial score (nSPS) is 11.0. The lowest BCUT2D eigenvalue weighted by molar-refractivity contribution is 0.0927. The van der Waals surface area contributed by atoms with Crippen LogP contribution in [0.3, 0.4) is 0 Å². The molecule has 0 radical (unpaired) electrons. The predicted molar refractivity (Wildman–Crippen MR) is 123 cm³/mol. The summed E-state index contributed by atoms with van der Waals surface area (Å²) in [6.07, 6.45) is 0. The van der Waals surface area contributed by atoms with E-state index < -0.39 is 17.2 Å². The van der Waals surface area contributed by atoms with Gasteiger partial charge in [-0.05, 0) is 36.1 Å². The third-order valence-corrected chi connectivity index (χ3v) is 5.09. The van der Waals surface area contributed by atoms with Crippen molar-refractivity contribution in [1.82, 2.24) is 19.7 Å². The van der Waals surface area contributed by atoms with E-state index in [4.69, 9.17) is 4.74 Å². The van der Waals surface area contributed by atoms with Gasteiger partial charge in [0.05, 0.1) is 18.8 Å². The second-order valence-electron chi connectivity index (χ2n) is 7.92. The Hall–Kier alpha value is -3.52. The van der Waals surface area contributed by atoms with Crippen LogP contribution in [0, 0.1) is 6.92 Å². The molecule has 0 saturated carbocycles. The maximum Gasteiger partial charge on any atom is 0.352 e. The number of nitrogens with one attached hydrogen (secondary N) is 1. The van der Waals surface area contributed by atoms with Crippen LogP contribution in [0.1, 0.15) is 46.9 Å². The standard InChI is InChI=1S/C24H28N4O4/c1-16(2)19-8-10-20(11-9-19)28-24(31)27(15-18-7-5-6-17(3)14-18)23(30)21(26-28)22(29)25-12-13-32-4/h5-11,14,16H,12-13,15H2,1-4H3,(H,25,29). The first kappa shape index (κ1) is 23.1. The second-order valence-corrected chi connectivity index (χ2v) is 7.92. The fourth-order valence-electron chi connectivity index (χ4n) is 3.31. The quantitative estimate of drug-likeness (QED) is 0.547. The van der Waals surface area contributed by atoms with Gasteiger partial charge in [-0.15, -0.1) is 0 Å². The molecule has 0 unspecified atom stereocenters. The van der Waals surface area contributed by atoms with Crippen molar-refractivity contribution in [2.75, 3.05) is 20.3 Å². The van der Waals surface area contributed by atoms with Crippen molar-refractivity contribution in [2.45, 2.75) is 33.2 Å². The van der Waals surface area contributed by atoms with E-state index in [0.717, 1.165) is 25.9 Å². The number of methoxy groups -OCH3 is 1. The van der Waals surface area contributed by atoms with Gasteiger partial charge in [0.15, 0.2) is 0 Å². The van der Waals surface area contributed by atoms with Crippen molar-refractivity contribution in [3.05, 3.63) is 91.8 Å². The van der Waals surface area contributed by atoms with E-state index in [1.165, 1.54) is 7.11 Å². The average Bonchev–Trinajstić information content (AvgIpc) is 2.77. The summed E-state index contributed by atoms with van der Waals surface area (Å²) in [5.74, 6) is -0.330. The molecule has 0 aliphatic carbocycles. The summed E-state index contributed by atoms with van der Waals surface area (Å²) in [4.78, 5) is 39.0. The first-order chi connectivity index (χ1) is 15.3. The van der Waals surface area contributed by atoms with Crippen LogP contribution in [0.15, 0.2) is 58.1 Å². The SMILES string of the molecule is COCCNC(=O)c1nn(-c2ccc(C(C)C)cc2)c(=O)n(Cc2cccc(C)c2)c1=O. The summed E-state index contributed by atoms with van der Waals surface area (Å²) in [5.41, 5.74) is 1.68. The van der Waals surface area contributed by atoms with Crippen molar-refractivity contribution >= 4 is 5.91 Å². The molecule has 1 aromatic heterocycles. The summed E-state index contributed by atoms with van der Waals surface area (Å²) in [6.45, 7) is 6.62. The third kappa shape index (κ3) is 5.20. The lowest BCUT2D eigenvalue weighted by Crippen LogP contribution is -2.46. The number of aryl methyl sites for hydroxylation is 1. The maximum absolute atomic E-state index is 13.2. The Labute approximate surface area is 186 Å². The van der Waals surface area contributed by atoms with E-state index in [0.29, 0.717) is 18.2 Å². The fourth-order valence-corrected chi connectivity index (χ4v) is 3.31. The fraction of sp³-hybridized carbons (Fsp3) is 0.333. The Morgan fingerprint density at radius 1 is 1.12 bits per heavy atom. The molecule has 0 atom stereocenters. The van der Waals surface area contributed by atoms with Gasteiger partial charge < -0.3 is 10.1 Å². The van der Waals surface area contributed by atoms with Gasteiger partial charge in [-0.1, -0.05) is 55.8 Å². The molecule has 1 N–H and O–H groups in total. The average molecular weight is 437 g/mol. The van der Waals surface area contributed by atoms with Crippen LogP contribution >= 0.6 is 0 Å². The number of nitrogens with zero attached hydrogens (tertiary/aromatic N) is 3. The number of carbonyl (C=O) groups is 1. The molecule has 168 valence electrons. The molecule has 0 spiro atoms. The maximum atomic E-state index is 13.2. The highest BCUT2D eigenvalue weighted by Crippen LogP contribution is 2.15. The molecule has 3 rings (SSSR count). The minimum atomic E-state index is -0.735. The topological polar surface area (TPSA) is 95.2 Å². The molecule has 0 fully saturated rings. The zero-order chi connectivity index (χ0) is 23.3. The second kappa shape index (κ2) is 10.2. The van der Waals surface area contributed by atoms with E-state index in [2.05, 4.69) is 24.3 Å². The van der Waals surface area contributed by atoms with Crippen molar-refractivity contribution < 1.29 is 9.53 Å². The van der Waals surface area contributed by atoms with Gasteiger partial charge in [-0.3, -0.25) is 14.2 Å². The van der Waals surface area contributed by atoms with E-state index in [1.54, 1.807) is 12.1 Å². The molecule has 1 amide bonds. The van der Waals surface area contributed by atoms with Crippen LogP contribution in [0.2, 0.25) is 0 Å². The number of hydrogen-bond acceptors (Lipinski definition) is 5. The Morgan fingerprint density at radius 3 is 2.47 bits per heavy atom. The summed E-state index contributed by atoms with van der Waals surface area (Å²) in [7, 11) is 1.51. The smallest absolute Gasteiger partial charge is 0.352 e. The monoisotopic (exact) mass is 436 g/mol. The number of ether oxygens (including phenoxy) is 1. The Morgan fingerprint density at radius 2 is 1.84 bits per heavy atom.